The molecule has 0 aliphatic rings. The Morgan fingerprint density at radius 3 is 2.24 bits per heavy atom. The van der Waals surface area contributed by atoms with Crippen LogP contribution in [-0.2, 0) is 20.9 Å². The highest BCUT2D eigenvalue weighted by Gasteiger charge is 2.19. The molecule has 0 heterocycles. The maximum absolute atomic E-state index is 5.59. The zero-order chi connectivity index (χ0) is 13.0. The van der Waals surface area contributed by atoms with Crippen molar-refractivity contribution in [3.63, 3.8) is 0 Å². The monoisotopic (exact) mass is 356 g/mol. The molecule has 8 heteroatoms. The Morgan fingerprint density at radius 1 is 1.18 bits per heavy atom. The van der Waals surface area contributed by atoms with Gasteiger partial charge in [0.2, 0.25) is 5.69 Å². The topological polar surface area (TPSA) is 18.5 Å². The molecule has 0 bridgehead atoms. The van der Waals surface area contributed by atoms with E-state index in [9.17, 15) is 0 Å². The van der Waals surface area contributed by atoms with Crippen LogP contribution in [0.15, 0.2) is 0 Å². The minimum Gasteiger partial charge on any atom is -0.320 e. The molecule has 104 valence electrons. The lowest BCUT2D eigenvalue weighted by atomic mass is 10.4. The number of thioether (sulfide) groups is 1. The van der Waals surface area contributed by atoms with Gasteiger partial charge in [0, 0.05) is 16.8 Å². The first-order valence-electron chi connectivity index (χ1n) is 5.42. The lowest BCUT2D eigenvalue weighted by molar-refractivity contribution is 0.283. The van der Waals surface area contributed by atoms with Crippen LogP contribution in [0.3, 0.4) is 0 Å². The van der Waals surface area contributed by atoms with E-state index >= 15 is 0 Å². The van der Waals surface area contributed by atoms with Crippen molar-refractivity contribution in [3.05, 3.63) is 0 Å². The second-order valence-electron chi connectivity index (χ2n) is 3.00. The lowest BCUT2D eigenvalue weighted by Crippen LogP contribution is -1.98. The van der Waals surface area contributed by atoms with Crippen molar-refractivity contribution in [2.75, 3.05) is 35.8 Å². The van der Waals surface area contributed by atoms with E-state index < -0.39 is 5.69 Å². The SMILES string of the molecule is CCCCSCSP(=S)(OCCCl)OCCCl. The zero-order valence-corrected chi connectivity index (χ0v) is 14.8. The number of alkyl halides is 2. The predicted octanol–water partition coefficient (Wildman–Crippen LogP) is 4.95. The van der Waals surface area contributed by atoms with Crippen LogP contribution < -0.4 is 0 Å². The highest BCUT2D eigenvalue weighted by atomic mass is 35.5. The van der Waals surface area contributed by atoms with Gasteiger partial charge in [0.1, 0.15) is 0 Å². The summed E-state index contributed by atoms with van der Waals surface area (Å²) in [5, 5.41) is 0.905. The lowest BCUT2D eigenvalue weighted by Gasteiger charge is -2.20. The van der Waals surface area contributed by atoms with E-state index in [2.05, 4.69) is 6.92 Å². The molecular weight excluding hydrogens is 338 g/mol. The summed E-state index contributed by atoms with van der Waals surface area (Å²) in [7, 11) is 0. The van der Waals surface area contributed by atoms with Crippen molar-refractivity contribution in [3.8, 4) is 0 Å². The largest absolute Gasteiger partial charge is 0.320 e. The first-order valence-corrected chi connectivity index (χ1v) is 11.9. The molecule has 0 aromatic rings. The van der Waals surface area contributed by atoms with Crippen molar-refractivity contribution >= 4 is 63.8 Å². The molecule has 0 saturated carbocycles. The second-order valence-corrected chi connectivity index (χ2v) is 11.5. The van der Waals surface area contributed by atoms with Crippen molar-refractivity contribution < 1.29 is 9.05 Å². The van der Waals surface area contributed by atoms with Gasteiger partial charge in [-0.05, 0) is 24.0 Å². The smallest absolute Gasteiger partial charge is 0.248 e. The molecule has 2 nitrogen and oxygen atoms in total. The van der Waals surface area contributed by atoms with E-state index in [1.54, 1.807) is 11.4 Å². The summed E-state index contributed by atoms with van der Waals surface area (Å²) in [5.41, 5.74) is -2.24. The van der Waals surface area contributed by atoms with Crippen molar-refractivity contribution in [1.82, 2.24) is 0 Å². The molecule has 0 aromatic carbocycles. The summed E-state index contributed by atoms with van der Waals surface area (Å²) in [5.74, 6) is 2.03. The first-order chi connectivity index (χ1) is 8.18. The van der Waals surface area contributed by atoms with Gasteiger partial charge in [-0.1, -0.05) is 24.7 Å². The van der Waals surface area contributed by atoms with E-state index in [1.807, 2.05) is 11.8 Å². The Kier molecular flexibility index (Phi) is 14.3. The fourth-order valence-electron chi connectivity index (χ4n) is 0.812. The second kappa shape index (κ2) is 12.9. The number of halogens is 2. The van der Waals surface area contributed by atoms with Gasteiger partial charge < -0.3 is 9.05 Å². The van der Waals surface area contributed by atoms with Crippen molar-refractivity contribution in [2.45, 2.75) is 19.8 Å². The summed E-state index contributed by atoms with van der Waals surface area (Å²) >= 11 is 20.0. The Hall–Kier alpha value is 1.85. The number of rotatable bonds is 12. The molecule has 0 unspecified atom stereocenters. The number of hydrogen-bond acceptors (Lipinski definition) is 5. The summed E-state index contributed by atoms with van der Waals surface area (Å²) in [6.07, 6.45) is 2.45. The maximum atomic E-state index is 5.59. The van der Waals surface area contributed by atoms with Crippen LogP contribution >= 0.6 is 52.0 Å². The van der Waals surface area contributed by atoms with Gasteiger partial charge in [0.15, 0.2) is 0 Å². The van der Waals surface area contributed by atoms with Gasteiger partial charge in [-0.15, -0.1) is 23.2 Å². The minimum atomic E-state index is -2.24. The van der Waals surface area contributed by atoms with Crippen LogP contribution in [0.4, 0.5) is 0 Å². The van der Waals surface area contributed by atoms with Crippen LogP contribution in [0.25, 0.3) is 0 Å². The average Bonchev–Trinajstić information content (AvgIpc) is 2.34. The van der Waals surface area contributed by atoms with Crippen LogP contribution in [0, 0.1) is 0 Å². The molecule has 0 rings (SSSR count). The molecule has 0 amide bonds. The fourth-order valence-corrected chi connectivity index (χ4v) is 8.15. The fraction of sp³-hybridized carbons (Fsp3) is 1.00. The van der Waals surface area contributed by atoms with Crippen LogP contribution in [0.5, 0.6) is 0 Å². The average molecular weight is 357 g/mol. The molecule has 0 atom stereocenters. The van der Waals surface area contributed by atoms with Gasteiger partial charge >= 0.3 is 0 Å². The molecule has 0 aromatic heterocycles. The van der Waals surface area contributed by atoms with Gasteiger partial charge in [-0.25, -0.2) is 0 Å². The number of hydrogen-bond donors (Lipinski definition) is 0. The van der Waals surface area contributed by atoms with Crippen LogP contribution in [0.2, 0.25) is 0 Å². The predicted molar refractivity (Wildman–Crippen MR) is 87.5 cm³/mol. The van der Waals surface area contributed by atoms with E-state index in [0.717, 1.165) is 10.8 Å². The quantitative estimate of drug-likeness (QED) is 0.212. The van der Waals surface area contributed by atoms with Crippen molar-refractivity contribution in [2.24, 2.45) is 0 Å². The minimum absolute atomic E-state index is 0.437. The molecule has 0 N–H and O–H groups in total. The maximum Gasteiger partial charge on any atom is 0.248 e. The third kappa shape index (κ3) is 11.4. The Labute approximate surface area is 128 Å². The molecular formula is C9H19Cl2O2PS3. The summed E-state index contributed by atoms with van der Waals surface area (Å²) < 4.78 is 11.1. The molecule has 0 radical (unpaired) electrons. The molecule has 0 spiro atoms. The van der Waals surface area contributed by atoms with E-state index in [4.69, 9.17) is 44.1 Å². The zero-order valence-electron chi connectivity index (χ0n) is 9.90. The normalized spacial score (nSPS) is 11.9. The highest BCUT2D eigenvalue weighted by Crippen LogP contribution is 2.61. The van der Waals surface area contributed by atoms with Gasteiger partial charge in [0.25, 0.3) is 0 Å². The van der Waals surface area contributed by atoms with E-state index in [-0.39, 0.29) is 0 Å². The summed E-state index contributed by atoms with van der Waals surface area (Å²) in [6, 6.07) is 0. The van der Waals surface area contributed by atoms with Crippen LogP contribution in [0.1, 0.15) is 19.8 Å². The van der Waals surface area contributed by atoms with E-state index in [1.165, 1.54) is 12.8 Å². The Morgan fingerprint density at radius 2 is 1.76 bits per heavy atom. The third-order valence-electron chi connectivity index (χ3n) is 1.59. The summed E-state index contributed by atoms with van der Waals surface area (Å²) in [6.45, 7) is 3.06. The number of unbranched alkanes of at least 4 members (excludes halogenated alkanes) is 1. The van der Waals surface area contributed by atoms with Gasteiger partial charge in [-0.3, -0.25) is 0 Å². The Balaban J connectivity index is 3.87. The van der Waals surface area contributed by atoms with Gasteiger partial charge in [-0.2, -0.15) is 11.8 Å². The standard InChI is InChI=1S/C9H19Cl2O2PS3/c1-2-3-8-16-9-17-14(15,12-6-4-10)13-7-5-11/h2-9H2,1H3. The molecule has 0 saturated heterocycles. The molecule has 0 aliphatic carbocycles. The highest BCUT2D eigenvalue weighted by molar-refractivity contribution is 8.69. The van der Waals surface area contributed by atoms with Crippen molar-refractivity contribution in [1.29, 1.82) is 0 Å². The molecule has 0 fully saturated rings. The van der Waals surface area contributed by atoms with Gasteiger partial charge in [0.05, 0.1) is 13.2 Å². The van der Waals surface area contributed by atoms with E-state index in [0.29, 0.717) is 25.0 Å². The summed E-state index contributed by atoms with van der Waals surface area (Å²) in [4.78, 5) is 0. The van der Waals surface area contributed by atoms with Crippen LogP contribution in [-0.4, -0.2) is 35.8 Å². The Bertz CT molecular complexity index is 210. The first kappa shape index (κ1) is 18.9. The molecule has 17 heavy (non-hydrogen) atoms. The third-order valence-corrected chi connectivity index (χ3v) is 8.99. The molecule has 0 aliphatic heterocycles.